The van der Waals surface area contributed by atoms with Gasteiger partial charge in [0.2, 0.25) is 5.91 Å². The van der Waals surface area contributed by atoms with Crippen molar-refractivity contribution in [3.63, 3.8) is 0 Å². The van der Waals surface area contributed by atoms with Gasteiger partial charge < -0.3 is 15.0 Å². The Morgan fingerprint density at radius 2 is 2.19 bits per heavy atom. The molecule has 5 heteroatoms. The molecule has 16 heavy (non-hydrogen) atoms. The van der Waals surface area contributed by atoms with Crippen LogP contribution in [0.5, 0.6) is 0 Å². The Kier molecular flexibility index (Phi) is 8.61. The number of nitrogens with one attached hydrogen (secondary N) is 1. The Morgan fingerprint density at radius 3 is 2.69 bits per heavy atom. The van der Waals surface area contributed by atoms with E-state index < -0.39 is 0 Å². The van der Waals surface area contributed by atoms with E-state index in [2.05, 4.69) is 5.32 Å². The molecule has 0 bridgehead atoms. The van der Waals surface area contributed by atoms with Crippen molar-refractivity contribution >= 4 is 18.3 Å². The second-order valence-electron chi connectivity index (χ2n) is 4.24. The minimum Gasteiger partial charge on any atom is -0.383 e. The van der Waals surface area contributed by atoms with E-state index in [1.54, 1.807) is 7.11 Å². The zero-order valence-electron chi connectivity index (χ0n) is 10.2. The van der Waals surface area contributed by atoms with Crippen molar-refractivity contribution in [3.8, 4) is 0 Å². The average molecular weight is 251 g/mol. The number of likely N-dealkylation sites (N-methyl/N-ethyl adjacent to an activating group) is 1. The van der Waals surface area contributed by atoms with Crippen LogP contribution in [-0.4, -0.2) is 51.2 Å². The highest BCUT2D eigenvalue weighted by molar-refractivity contribution is 5.85. The first kappa shape index (κ1) is 15.7. The fourth-order valence-electron chi connectivity index (χ4n) is 1.67. The topological polar surface area (TPSA) is 41.6 Å². The van der Waals surface area contributed by atoms with Gasteiger partial charge in [0, 0.05) is 27.2 Å². The maximum atomic E-state index is 11.6. The summed E-state index contributed by atoms with van der Waals surface area (Å²) in [5.74, 6) is 0.927. The molecule has 0 aromatic carbocycles. The number of rotatable bonds is 7. The van der Waals surface area contributed by atoms with Gasteiger partial charge in [0.25, 0.3) is 0 Å². The molecule has 1 amide bonds. The Bertz CT molecular complexity index is 198. The summed E-state index contributed by atoms with van der Waals surface area (Å²) in [6, 6.07) is 0. The Morgan fingerprint density at radius 1 is 1.50 bits per heavy atom. The van der Waals surface area contributed by atoms with Gasteiger partial charge >= 0.3 is 0 Å². The molecule has 1 aliphatic carbocycles. The highest BCUT2D eigenvalue weighted by atomic mass is 35.5. The molecule has 1 aliphatic rings. The van der Waals surface area contributed by atoms with Crippen molar-refractivity contribution < 1.29 is 9.53 Å². The van der Waals surface area contributed by atoms with E-state index >= 15 is 0 Å². The Hall–Kier alpha value is -0.320. The molecule has 4 nitrogen and oxygen atoms in total. The largest absolute Gasteiger partial charge is 0.383 e. The summed E-state index contributed by atoms with van der Waals surface area (Å²) in [5, 5.41) is 3.06. The number of methoxy groups -OCH3 is 1. The van der Waals surface area contributed by atoms with Gasteiger partial charge in [-0.1, -0.05) is 6.42 Å². The lowest BCUT2D eigenvalue weighted by Gasteiger charge is -2.30. The number of carbonyl (C=O) groups is 1. The summed E-state index contributed by atoms with van der Waals surface area (Å²) in [7, 11) is 3.55. The van der Waals surface area contributed by atoms with Crippen LogP contribution in [0.2, 0.25) is 0 Å². The predicted octanol–water partition coefficient (Wildman–Crippen LogP) is 0.903. The Labute approximate surface area is 104 Å². The standard InChI is InChI=1S/C11H22N2O2.ClH/c1-13(9-10-4-3-5-10)11(14)8-12-6-7-15-2;/h10,12H,3-9H2,1-2H3;1H. The molecule has 0 heterocycles. The summed E-state index contributed by atoms with van der Waals surface area (Å²) in [6.45, 7) is 2.73. The molecule has 0 atom stereocenters. The predicted molar refractivity (Wildman–Crippen MR) is 67.0 cm³/mol. The van der Waals surface area contributed by atoms with Gasteiger partial charge in [-0.15, -0.1) is 12.4 Å². The maximum absolute atomic E-state index is 11.6. The fraction of sp³-hybridized carbons (Fsp3) is 0.909. The summed E-state index contributed by atoms with van der Waals surface area (Å²) in [4.78, 5) is 13.4. The van der Waals surface area contributed by atoms with E-state index in [9.17, 15) is 4.79 Å². The number of hydrogen-bond donors (Lipinski definition) is 1. The minimum absolute atomic E-state index is 0. The molecule has 0 spiro atoms. The quantitative estimate of drug-likeness (QED) is 0.683. The van der Waals surface area contributed by atoms with Crippen LogP contribution < -0.4 is 5.32 Å². The Balaban J connectivity index is 0.00000225. The van der Waals surface area contributed by atoms with Gasteiger partial charge in [0.15, 0.2) is 0 Å². The third-order valence-corrected chi connectivity index (χ3v) is 2.94. The number of hydrogen-bond acceptors (Lipinski definition) is 3. The summed E-state index contributed by atoms with van der Waals surface area (Å²) in [5.41, 5.74) is 0. The summed E-state index contributed by atoms with van der Waals surface area (Å²) in [6.07, 6.45) is 3.90. The molecule has 0 saturated heterocycles. The lowest BCUT2D eigenvalue weighted by molar-refractivity contribution is -0.129. The first-order chi connectivity index (χ1) is 7.24. The first-order valence-corrected chi connectivity index (χ1v) is 5.67. The second-order valence-corrected chi connectivity index (χ2v) is 4.24. The molecule has 1 fully saturated rings. The summed E-state index contributed by atoms with van der Waals surface area (Å²) >= 11 is 0. The fourth-order valence-corrected chi connectivity index (χ4v) is 1.67. The zero-order chi connectivity index (χ0) is 11.1. The van der Waals surface area contributed by atoms with Crippen LogP contribution in [-0.2, 0) is 9.53 Å². The molecule has 0 aromatic rings. The van der Waals surface area contributed by atoms with Crippen molar-refractivity contribution in [2.45, 2.75) is 19.3 Å². The second kappa shape index (κ2) is 8.79. The van der Waals surface area contributed by atoms with E-state index in [1.165, 1.54) is 19.3 Å². The summed E-state index contributed by atoms with van der Waals surface area (Å²) < 4.78 is 4.89. The third kappa shape index (κ3) is 5.68. The minimum atomic E-state index is 0. The van der Waals surface area contributed by atoms with Crippen LogP contribution in [0.1, 0.15) is 19.3 Å². The maximum Gasteiger partial charge on any atom is 0.236 e. The van der Waals surface area contributed by atoms with Crippen LogP contribution >= 0.6 is 12.4 Å². The molecule has 0 aromatic heterocycles. The molecule has 0 unspecified atom stereocenters. The molecule has 1 rings (SSSR count). The molecule has 96 valence electrons. The van der Waals surface area contributed by atoms with Gasteiger partial charge in [-0.05, 0) is 18.8 Å². The van der Waals surface area contributed by atoms with Crippen LogP contribution in [0.25, 0.3) is 0 Å². The van der Waals surface area contributed by atoms with Crippen molar-refractivity contribution in [1.82, 2.24) is 10.2 Å². The smallest absolute Gasteiger partial charge is 0.236 e. The zero-order valence-corrected chi connectivity index (χ0v) is 11.0. The van der Waals surface area contributed by atoms with Crippen molar-refractivity contribution in [2.24, 2.45) is 5.92 Å². The first-order valence-electron chi connectivity index (χ1n) is 5.67. The number of ether oxygens (including phenoxy) is 1. The van der Waals surface area contributed by atoms with Crippen LogP contribution in [0.15, 0.2) is 0 Å². The number of halogens is 1. The highest BCUT2D eigenvalue weighted by Gasteiger charge is 2.20. The number of carbonyl (C=O) groups excluding carboxylic acids is 1. The average Bonchev–Trinajstić information content (AvgIpc) is 2.17. The molecular weight excluding hydrogens is 228 g/mol. The number of amides is 1. The highest BCUT2D eigenvalue weighted by Crippen LogP contribution is 2.26. The molecule has 0 radical (unpaired) electrons. The van der Waals surface area contributed by atoms with Gasteiger partial charge in [-0.2, -0.15) is 0 Å². The monoisotopic (exact) mass is 250 g/mol. The van der Waals surface area contributed by atoms with Crippen LogP contribution in [0.3, 0.4) is 0 Å². The van der Waals surface area contributed by atoms with E-state index in [0.717, 1.165) is 19.0 Å². The molecule has 1 saturated carbocycles. The molecule has 1 N–H and O–H groups in total. The molecule has 0 aliphatic heterocycles. The molecular formula is C11H23ClN2O2. The lowest BCUT2D eigenvalue weighted by atomic mass is 9.85. The van der Waals surface area contributed by atoms with Crippen LogP contribution in [0.4, 0.5) is 0 Å². The van der Waals surface area contributed by atoms with Crippen molar-refractivity contribution in [2.75, 3.05) is 40.4 Å². The SMILES string of the molecule is COCCNCC(=O)N(C)CC1CCC1.Cl. The lowest BCUT2D eigenvalue weighted by Crippen LogP contribution is -2.40. The normalized spacial score (nSPS) is 15.1. The number of nitrogens with zero attached hydrogens (tertiary/aromatic N) is 1. The third-order valence-electron chi connectivity index (χ3n) is 2.94. The van der Waals surface area contributed by atoms with Crippen molar-refractivity contribution in [1.29, 1.82) is 0 Å². The van der Waals surface area contributed by atoms with E-state index in [-0.39, 0.29) is 18.3 Å². The van der Waals surface area contributed by atoms with Gasteiger partial charge in [0.1, 0.15) is 0 Å². The van der Waals surface area contributed by atoms with E-state index in [4.69, 9.17) is 4.74 Å². The van der Waals surface area contributed by atoms with Gasteiger partial charge in [-0.3, -0.25) is 4.79 Å². The van der Waals surface area contributed by atoms with E-state index in [0.29, 0.717) is 13.2 Å². The van der Waals surface area contributed by atoms with Crippen molar-refractivity contribution in [3.05, 3.63) is 0 Å². The van der Waals surface area contributed by atoms with E-state index in [1.807, 2.05) is 11.9 Å². The van der Waals surface area contributed by atoms with Gasteiger partial charge in [-0.25, -0.2) is 0 Å². The van der Waals surface area contributed by atoms with Crippen LogP contribution in [0, 0.1) is 5.92 Å². The van der Waals surface area contributed by atoms with Gasteiger partial charge in [0.05, 0.1) is 13.2 Å².